The van der Waals surface area contributed by atoms with Crippen LogP contribution >= 0.6 is 0 Å². The Bertz CT molecular complexity index is 268. The van der Waals surface area contributed by atoms with E-state index in [1.807, 2.05) is 13.8 Å². The van der Waals surface area contributed by atoms with Crippen LogP contribution in [0.3, 0.4) is 0 Å². The minimum Gasteiger partial charge on any atom is -0.272 e. The van der Waals surface area contributed by atoms with Crippen LogP contribution < -0.4 is 0 Å². The van der Waals surface area contributed by atoms with Crippen LogP contribution in [-0.4, -0.2) is 22.8 Å². The minimum atomic E-state index is -0.163. The summed E-state index contributed by atoms with van der Waals surface area (Å²) < 4.78 is 0. The van der Waals surface area contributed by atoms with Gasteiger partial charge in [0.05, 0.1) is 0 Å². The van der Waals surface area contributed by atoms with Crippen LogP contribution in [0.2, 0.25) is 0 Å². The first-order chi connectivity index (χ1) is 6.07. The van der Waals surface area contributed by atoms with Gasteiger partial charge in [-0.15, -0.1) is 0 Å². The number of carbonyl (C=O) groups excluding carboxylic acids is 2. The van der Waals surface area contributed by atoms with Gasteiger partial charge in [0.15, 0.2) is 0 Å². The van der Waals surface area contributed by atoms with Crippen LogP contribution in [0, 0.1) is 0 Å². The first-order valence-corrected chi connectivity index (χ1v) is 4.63. The molecule has 0 N–H and O–H groups in total. The van der Waals surface area contributed by atoms with Gasteiger partial charge in [0, 0.05) is 17.7 Å². The second-order valence-electron chi connectivity index (χ2n) is 3.48. The molecular weight excluding hydrogens is 166 g/mol. The second-order valence-corrected chi connectivity index (χ2v) is 3.48. The standard InChI is InChI=1S/C10H15NO2/c1-4-5-8(3)11-9(12)6-7(2)10(11)13/h6,8H,4-5H2,1-3H3. The van der Waals surface area contributed by atoms with E-state index in [4.69, 9.17) is 0 Å². The molecule has 72 valence electrons. The van der Waals surface area contributed by atoms with Gasteiger partial charge >= 0.3 is 0 Å². The summed E-state index contributed by atoms with van der Waals surface area (Å²) in [6.07, 6.45) is 3.27. The number of imide groups is 1. The summed E-state index contributed by atoms with van der Waals surface area (Å²) in [6, 6.07) is 0.0266. The molecule has 0 bridgehead atoms. The molecule has 1 rings (SSSR count). The molecule has 1 unspecified atom stereocenters. The SMILES string of the molecule is CCCC(C)N1C(=O)C=C(C)C1=O. The Balaban J connectivity index is 2.73. The van der Waals surface area contributed by atoms with E-state index in [9.17, 15) is 9.59 Å². The molecule has 2 amide bonds. The van der Waals surface area contributed by atoms with Crippen LogP contribution in [0.5, 0.6) is 0 Å². The first kappa shape index (κ1) is 9.96. The van der Waals surface area contributed by atoms with E-state index in [1.54, 1.807) is 6.92 Å². The molecule has 0 fully saturated rings. The van der Waals surface area contributed by atoms with Gasteiger partial charge < -0.3 is 0 Å². The zero-order valence-corrected chi connectivity index (χ0v) is 8.33. The van der Waals surface area contributed by atoms with Crippen molar-refractivity contribution in [3.05, 3.63) is 11.6 Å². The van der Waals surface area contributed by atoms with Crippen molar-refractivity contribution in [2.24, 2.45) is 0 Å². The number of carbonyl (C=O) groups is 2. The van der Waals surface area contributed by atoms with E-state index >= 15 is 0 Å². The lowest BCUT2D eigenvalue weighted by atomic mass is 10.1. The average Bonchev–Trinajstić information content (AvgIpc) is 2.27. The Labute approximate surface area is 78.4 Å². The van der Waals surface area contributed by atoms with E-state index in [2.05, 4.69) is 0 Å². The molecule has 0 spiro atoms. The fourth-order valence-electron chi connectivity index (χ4n) is 1.57. The summed E-state index contributed by atoms with van der Waals surface area (Å²) >= 11 is 0. The maximum atomic E-state index is 11.5. The Morgan fingerprint density at radius 3 is 2.46 bits per heavy atom. The second kappa shape index (κ2) is 3.73. The number of amides is 2. The Kier molecular flexibility index (Phi) is 2.86. The fraction of sp³-hybridized carbons (Fsp3) is 0.600. The lowest BCUT2D eigenvalue weighted by Gasteiger charge is -2.22. The van der Waals surface area contributed by atoms with Crippen LogP contribution in [0.1, 0.15) is 33.6 Å². The third kappa shape index (κ3) is 1.79. The average molecular weight is 181 g/mol. The van der Waals surface area contributed by atoms with E-state index in [0.29, 0.717) is 5.57 Å². The Hall–Kier alpha value is -1.12. The highest BCUT2D eigenvalue weighted by molar-refractivity contribution is 6.16. The van der Waals surface area contributed by atoms with E-state index in [1.165, 1.54) is 11.0 Å². The molecule has 0 saturated carbocycles. The summed E-state index contributed by atoms with van der Waals surface area (Å²) in [6.45, 7) is 5.63. The lowest BCUT2D eigenvalue weighted by molar-refractivity contribution is -0.139. The number of nitrogens with zero attached hydrogens (tertiary/aromatic N) is 1. The van der Waals surface area contributed by atoms with Gasteiger partial charge in [0.25, 0.3) is 11.8 Å². The van der Waals surface area contributed by atoms with Crippen molar-refractivity contribution in [3.8, 4) is 0 Å². The van der Waals surface area contributed by atoms with Gasteiger partial charge in [0.2, 0.25) is 0 Å². The molecule has 1 heterocycles. The maximum Gasteiger partial charge on any atom is 0.256 e. The molecule has 0 aromatic carbocycles. The Morgan fingerprint density at radius 1 is 1.46 bits per heavy atom. The highest BCUT2D eigenvalue weighted by Gasteiger charge is 2.31. The molecule has 0 aromatic heterocycles. The van der Waals surface area contributed by atoms with Crippen molar-refractivity contribution in [3.63, 3.8) is 0 Å². The monoisotopic (exact) mass is 181 g/mol. The molecule has 0 radical (unpaired) electrons. The molecule has 3 nitrogen and oxygen atoms in total. The molecule has 3 heteroatoms. The molecular formula is C10H15NO2. The van der Waals surface area contributed by atoms with E-state index in [0.717, 1.165) is 12.8 Å². The van der Waals surface area contributed by atoms with Crippen molar-refractivity contribution in [2.75, 3.05) is 0 Å². The summed E-state index contributed by atoms with van der Waals surface area (Å²) in [5.74, 6) is -0.297. The van der Waals surface area contributed by atoms with Crippen LogP contribution in [-0.2, 0) is 9.59 Å². The molecule has 1 aliphatic heterocycles. The predicted molar refractivity (Wildman–Crippen MR) is 50.0 cm³/mol. The highest BCUT2D eigenvalue weighted by atomic mass is 16.2. The van der Waals surface area contributed by atoms with Gasteiger partial charge in [-0.1, -0.05) is 13.3 Å². The number of hydrogen-bond donors (Lipinski definition) is 0. The van der Waals surface area contributed by atoms with Crippen LogP contribution in [0.4, 0.5) is 0 Å². The highest BCUT2D eigenvalue weighted by Crippen LogP contribution is 2.17. The third-order valence-corrected chi connectivity index (χ3v) is 2.28. The largest absolute Gasteiger partial charge is 0.272 e. The van der Waals surface area contributed by atoms with Crippen molar-refractivity contribution >= 4 is 11.8 Å². The Morgan fingerprint density at radius 2 is 2.08 bits per heavy atom. The fourth-order valence-corrected chi connectivity index (χ4v) is 1.57. The zero-order chi connectivity index (χ0) is 10.0. The first-order valence-electron chi connectivity index (χ1n) is 4.63. The van der Waals surface area contributed by atoms with Gasteiger partial charge in [-0.05, 0) is 20.3 Å². The summed E-state index contributed by atoms with van der Waals surface area (Å²) in [5, 5.41) is 0. The maximum absolute atomic E-state index is 11.5. The normalized spacial score (nSPS) is 19.3. The lowest BCUT2D eigenvalue weighted by Crippen LogP contribution is -2.38. The molecule has 0 saturated heterocycles. The van der Waals surface area contributed by atoms with Gasteiger partial charge in [-0.3, -0.25) is 14.5 Å². The van der Waals surface area contributed by atoms with E-state index < -0.39 is 0 Å². The molecule has 0 aromatic rings. The molecule has 0 aliphatic carbocycles. The van der Waals surface area contributed by atoms with Crippen molar-refractivity contribution in [2.45, 2.75) is 39.7 Å². The van der Waals surface area contributed by atoms with Crippen LogP contribution in [0.15, 0.2) is 11.6 Å². The van der Waals surface area contributed by atoms with Crippen LogP contribution in [0.25, 0.3) is 0 Å². The molecule has 13 heavy (non-hydrogen) atoms. The van der Waals surface area contributed by atoms with Crippen molar-refractivity contribution in [1.29, 1.82) is 0 Å². The van der Waals surface area contributed by atoms with Gasteiger partial charge in [-0.25, -0.2) is 0 Å². The quantitative estimate of drug-likeness (QED) is 0.618. The topological polar surface area (TPSA) is 37.4 Å². The van der Waals surface area contributed by atoms with Crippen molar-refractivity contribution < 1.29 is 9.59 Å². The van der Waals surface area contributed by atoms with Gasteiger partial charge in [0.1, 0.15) is 0 Å². The van der Waals surface area contributed by atoms with E-state index in [-0.39, 0.29) is 17.9 Å². The summed E-state index contributed by atoms with van der Waals surface area (Å²) in [4.78, 5) is 24.2. The predicted octanol–water partition coefficient (Wildman–Crippen LogP) is 1.49. The summed E-state index contributed by atoms with van der Waals surface area (Å²) in [5.41, 5.74) is 0.549. The molecule has 1 atom stereocenters. The number of rotatable bonds is 3. The van der Waals surface area contributed by atoms with Crippen molar-refractivity contribution in [1.82, 2.24) is 4.90 Å². The zero-order valence-electron chi connectivity index (χ0n) is 8.33. The minimum absolute atomic E-state index is 0.0266. The summed E-state index contributed by atoms with van der Waals surface area (Å²) in [7, 11) is 0. The van der Waals surface area contributed by atoms with Gasteiger partial charge in [-0.2, -0.15) is 0 Å². The molecule has 1 aliphatic rings. The third-order valence-electron chi connectivity index (χ3n) is 2.28. The smallest absolute Gasteiger partial charge is 0.256 e. The number of hydrogen-bond acceptors (Lipinski definition) is 2.